The molecule has 2 N–H and O–H groups in total. The van der Waals surface area contributed by atoms with Crippen LogP contribution in [0.4, 0.5) is 0 Å². The first-order valence-electron chi connectivity index (χ1n) is 7.76. The molecule has 126 valence electrons. The molecule has 0 saturated heterocycles. The van der Waals surface area contributed by atoms with E-state index >= 15 is 0 Å². The maximum absolute atomic E-state index is 12.9. The molecule has 4 nitrogen and oxygen atoms in total. The van der Waals surface area contributed by atoms with E-state index in [4.69, 9.17) is 0 Å². The summed E-state index contributed by atoms with van der Waals surface area (Å²) in [5.74, 6) is -0.304. The highest BCUT2D eigenvalue weighted by atomic mass is 79.9. The van der Waals surface area contributed by atoms with Crippen LogP contribution < -0.4 is 0 Å². The van der Waals surface area contributed by atoms with Crippen LogP contribution >= 0.6 is 31.9 Å². The Morgan fingerprint density at radius 1 is 0.962 bits per heavy atom. The Morgan fingerprint density at radius 2 is 1.58 bits per heavy atom. The van der Waals surface area contributed by atoms with Crippen molar-refractivity contribution in [3.05, 3.63) is 74.4 Å². The number of Topliss-reactive ketones (excluding diaryl/α,β-unsaturated/α-hetero) is 1. The highest BCUT2D eigenvalue weighted by molar-refractivity contribution is 9.10. The van der Waals surface area contributed by atoms with Crippen LogP contribution in [0.25, 0.3) is 27.9 Å². The summed E-state index contributed by atoms with van der Waals surface area (Å²) in [7, 11) is 0. The Balaban J connectivity index is 1.82. The van der Waals surface area contributed by atoms with Crippen LogP contribution in [0.1, 0.15) is 15.9 Å². The highest BCUT2D eigenvalue weighted by Crippen LogP contribution is 2.27. The molecule has 6 heteroatoms. The van der Waals surface area contributed by atoms with Gasteiger partial charge in [0.2, 0.25) is 5.78 Å². The molecule has 4 rings (SSSR count). The van der Waals surface area contributed by atoms with Crippen LogP contribution in [-0.2, 0) is 0 Å². The molecule has 0 amide bonds. The maximum atomic E-state index is 12.9. The lowest BCUT2D eigenvalue weighted by atomic mass is 10.0. The maximum Gasteiger partial charge on any atom is 0.205 e. The fraction of sp³-hybridized carbons (Fsp3) is 0. The highest BCUT2D eigenvalue weighted by Gasteiger charge is 2.17. The van der Waals surface area contributed by atoms with Gasteiger partial charge >= 0.3 is 0 Å². The van der Waals surface area contributed by atoms with Crippen molar-refractivity contribution < 1.29 is 4.79 Å². The van der Waals surface area contributed by atoms with E-state index in [1.54, 1.807) is 18.5 Å². The average molecular weight is 469 g/mol. The molecule has 0 saturated carbocycles. The average Bonchev–Trinajstić information content (AvgIpc) is 3.22. The molecular weight excluding hydrogens is 458 g/mol. The number of nitrogens with one attached hydrogen (secondary N) is 2. The first-order chi connectivity index (χ1) is 12.6. The number of hydrogen-bond acceptors (Lipinski definition) is 2. The minimum absolute atomic E-state index is 0.0896. The third-order valence-electron chi connectivity index (χ3n) is 4.23. The molecule has 0 fully saturated rings. The number of H-pyrrole nitrogens is 2. The third kappa shape index (κ3) is 2.90. The van der Waals surface area contributed by atoms with Crippen molar-refractivity contribution in [3.63, 3.8) is 0 Å². The van der Waals surface area contributed by atoms with E-state index in [9.17, 15) is 10.1 Å². The molecule has 0 aliphatic carbocycles. The molecule has 0 spiro atoms. The molecule has 0 bridgehead atoms. The van der Waals surface area contributed by atoms with Crippen LogP contribution in [-0.4, -0.2) is 15.8 Å². The normalized spacial score (nSPS) is 11.8. The Hall–Kier alpha value is -2.62. The van der Waals surface area contributed by atoms with Gasteiger partial charge < -0.3 is 9.97 Å². The number of allylic oxidation sites excluding steroid dienone is 1. The SMILES string of the molecule is N#C/C(=C\c1c[nH]c2ccc(Br)cc12)C(=O)c1c[nH]c2ccc(Br)cc12. The number of hydrogen-bond donors (Lipinski definition) is 2. The van der Waals surface area contributed by atoms with E-state index < -0.39 is 0 Å². The number of ketones is 1. The van der Waals surface area contributed by atoms with Crippen molar-refractivity contribution in [2.45, 2.75) is 0 Å². The molecule has 0 atom stereocenters. The molecule has 4 aromatic rings. The second-order valence-electron chi connectivity index (χ2n) is 5.83. The van der Waals surface area contributed by atoms with Gasteiger partial charge in [0, 0.05) is 54.3 Å². The summed E-state index contributed by atoms with van der Waals surface area (Å²) in [5.41, 5.74) is 3.17. The first-order valence-corrected chi connectivity index (χ1v) is 9.35. The van der Waals surface area contributed by atoms with Gasteiger partial charge in [-0.05, 0) is 42.5 Å². The van der Waals surface area contributed by atoms with Crippen LogP contribution in [0.3, 0.4) is 0 Å². The van der Waals surface area contributed by atoms with Gasteiger partial charge in [0.1, 0.15) is 11.6 Å². The lowest BCUT2D eigenvalue weighted by Gasteiger charge is -1.99. The standard InChI is InChI=1S/C20H11Br2N3O/c21-13-1-3-18-15(6-13)12(9-24-18)5-11(8-23)20(26)17-10-25-19-4-2-14(22)7-16(17)19/h1-7,9-10,24-25H/b11-5+. The Kier molecular flexibility index (Phi) is 4.27. The summed E-state index contributed by atoms with van der Waals surface area (Å²) < 4.78 is 1.81. The summed E-state index contributed by atoms with van der Waals surface area (Å²) in [6.45, 7) is 0. The number of nitriles is 1. The molecule has 2 heterocycles. The number of carbonyl (C=O) groups excluding carboxylic acids is 1. The van der Waals surface area contributed by atoms with E-state index in [-0.39, 0.29) is 11.4 Å². The van der Waals surface area contributed by atoms with Crippen molar-refractivity contribution in [2.24, 2.45) is 0 Å². The minimum atomic E-state index is -0.304. The number of fused-ring (bicyclic) bond motifs is 2. The lowest BCUT2D eigenvalue weighted by Crippen LogP contribution is -2.01. The predicted molar refractivity (Wildman–Crippen MR) is 110 cm³/mol. The van der Waals surface area contributed by atoms with Crippen molar-refractivity contribution in [1.29, 1.82) is 5.26 Å². The zero-order valence-corrected chi connectivity index (χ0v) is 16.5. The van der Waals surface area contributed by atoms with Gasteiger partial charge in [-0.3, -0.25) is 4.79 Å². The minimum Gasteiger partial charge on any atom is -0.361 e. The Labute approximate surface area is 165 Å². The van der Waals surface area contributed by atoms with Gasteiger partial charge in [-0.25, -0.2) is 0 Å². The van der Waals surface area contributed by atoms with Gasteiger partial charge in [0.05, 0.1) is 0 Å². The van der Waals surface area contributed by atoms with Crippen LogP contribution in [0.5, 0.6) is 0 Å². The van der Waals surface area contributed by atoms with Crippen molar-refractivity contribution in [1.82, 2.24) is 9.97 Å². The van der Waals surface area contributed by atoms with Gasteiger partial charge in [-0.2, -0.15) is 5.26 Å². The van der Waals surface area contributed by atoms with E-state index in [1.165, 1.54) is 0 Å². The molecule has 0 aliphatic rings. The Bertz CT molecular complexity index is 1240. The van der Waals surface area contributed by atoms with E-state index in [0.717, 1.165) is 36.3 Å². The molecular formula is C20H11Br2N3O. The van der Waals surface area contributed by atoms with E-state index in [2.05, 4.69) is 41.8 Å². The summed E-state index contributed by atoms with van der Waals surface area (Å²) in [5, 5.41) is 11.3. The van der Waals surface area contributed by atoms with Crippen LogP contribution in [0, 0.1) is 11.3 Å². The smallest absolute Gasteiger partial charge is 0.205 e. The third-order valence-corrected chi connectivity index (χ3v) is 5.22. The second-order valence-corrected chi connectivity index (χ2v) is 7.66. The molecule has 0 unspecified atom stereocenters. The van der Waals surface area contributed by atoms with Gasteiger partial charge in [0.15, 0.2) is 0 Å². The van der Waals surface area contributed by atoms with E-state index in [0.29, 0.717) is 5.56 Å². The summed E-state index contributed by atoms with van der Waals surface area (Å²) >= 11 is 6.88. The summed E-state index contributed by atoms with van der Waals surface area (Å²) in [4.78, 5) is 19.2. The number of halogens is 2. The largest absolute Gasteiger partial charge is 0.361 e. The van der Waals surface area contributed by atoms with Gasteiger partial charge in [-0.1, -0.05) is 31.9 Å². The first kappa shape index (κ1) is 16.8. The lowest BCUT2D eigenvalue weighted by molar-refractivity contribution is 0.104. The molecule has 2 aromatic carbocycles. The van der Waals surface area contributed by atoms with Crippen molar-refractivity contribution in [2.75, 3.05) is 0 Å². The van der Waals surface area contributed by atoms with Crippen LogP contribution in [0.2, 0.25) is 0 Å². The number of aromatic amines is 2. The number of rotatable bonds is 3. The fourth-order valence-electron chi connectivity index (χ4n) is 2.96. The molecule has 2 aromatic heterocycles. The molecule has 0 radical (unpaired) electrons. The summed E-state index contributed by atoms with van der Waals surface area (Å²) in [6, 6.07) is 13.6. The zero-order chi connectivity index (χ0) is 18.3. The number of nitrogens with zero attached hydrogens (tertiary/aromatic N) is 1. The number of benzene rings is 2. The predicted octanol–water partition coefficient (Wildman–Crippen LogP) is 5.96. The van der Waals surface area contributed by atoms with E-state index in [1.807, 2.05) is 42.5 Å². The van der Waals surface area contributed by atoms with Gasteiger partial charge in [-0.15, -0.1) is 0 Å². The Morgan fingerprint density at radius 3 is 2.27 bits per heavy atom. The zero-order valence-electron chi connectivity index (χ0n) is 13.3. The quantitative estimate of drug-likeness (QED) is 0.221. The van der Waals surface area contributed by atoms with Crippen molar-refractivity contribution >= 4 is 65.5 Å². The summed E-state index contributed by atoms with van der Waals surface area (Å²) in [6.07, 6.45) is 5.08. The second kappa shape index (κ2) is 6.60. The molecule has 26 heavy (non-hydrogen) atoms. The fourth-order valence-corrected chi connectivity index (χ4v) is 3.69. The topological polar surface area (TPSA) is 72.4 Å². The molecule has 0 aliphatic heterocycles. The monoisotopic (exact) mass is 467 g/mol. The van der Waals surface area contributed by atoms with Gasteiger partial charge in [0.25, 0.3) is 0 Å². The van der Waals surface area contributed by atoms with Crippen molar-refractivity contribution in [3.8, 4) is 6.07 Å². The number of carbonyl (C=O) groups is 1. The number of aromatic nitrogens is 2. The van der Waals surface area contributed by atoms with Crippen LogP contribution in [0.15, 0.2) is 63.3 Å².